The number of amides is 1. The van der Waals surface area contributed by atoms with E-state index in [4.69, 9.17) is 0 Å². The second-order valence-electron chi connectivity index (χ2n) is 7.13. The van der Waals surface area contributed by atoms with Crippen molar-refractivity contribution in [3.8, 4) is 0 Å². The molecule has 2 aromatic rings. The molecule has 14 heteroatoms. The third-order valence-corrected chi connectivity index (χ3v) is 6.18. The van der Waals surface area contributed by atoms with Crippen LogP contribution in [0.4, 0.5) is 37.3 Å². The lowest BCUT2D eigenvalue weighted by Crippen LogP contribution is -2.44. The van der Waals surface area contributed by atoms with Crippen LogP contribution in [0.5, 0.6) is 0 Å². The number of halogens is 6. The van der Waals surface area contributed by atoms with E-state index in [0.29, 0.717) is 12.8 Å². The fourth-order valence-electron chi connectivity index (χ4n) is 3.83. The van der Waals surface area contributed by atoms with E-state index in [1.165, 1.54) is 0 Å². The Kier molecular flexibility index (Phi) is 4.96. The number of aromatic nitrogens is 3. The van der Waals surface area contributed by atoms with E-state index >= 15 is 0 Å². The van der Waals surface area contributed by atoms with Crippen LogP contribution in [0.25, 0.3) is 0 Å². The van der Waals surface area contributed by atoms with Gasteiger partial charge >= 0.3 is 12.4 Å². The maximum atomic E-state index is 13.6. The van der Waals surface area contributed by atoms with E-state index < -0.39 is 41.9 Å². The molecule has 2 aliphatic heterocycles. The molecular formula is C16H15F6N5O2S. The Bertz CT molecular complexity index is 947. The van der Waals surface area contributed by atoms with Gasteiger partial charge in [0.1, 0.15) is 12.0 Å². The maximum Gasteiger partial charge on any atom is 0.434 e. The highest BCUT2D eigenvalue weighted by Gasteiger charge is 2.54. The number of thiazole rings is 1. The molecule has 7 nitrogen and oxygen atoms in total. The van der Waals surface area contributed by atoms with Gasteiger partial charge in [-0.25, -0.2) is 4.98 Å². The van der Waals surface area contributed by atoms with Gasteiger partial charge in [0.2, 0.25) is 0 Å². The largest absolute Gasteiger partial charge is 0.434 e. The molecule has 0 aliphatic carbocycles. The molecule has 1 fully saturated rings. The molecule has 0 radical (unpaired) electrons. The molecule has 0 bridgehead atoms. The number of rotatable bonds is 2. The van der Waals surface area contributed by atoms with Crippen molar-refractivity contribution in [2.75, 3.05) is 23.3 Å². The number of hydrogen-bond donors (Lipinski definition) is 3. The van der Waals surface area contributed by atoms with Crippen LogP contribution in [0.2, 0.25) is 0 Å². The van der Waals surface area contributed by atoms with Gasteiger partial charge in [0.05, 0.1) is 0 Å². The molecule has 2 atom stereocenters. The quantitative estimate of drug-likeness (QED) is 0.605. The van der Waals surface area contributed by atoms with Gasteiger partial charge in [-0.05, 0) is 12.8 Å². The van der Waals surface area contributed by atoms with Crippen LogP contribution in [0.1, 0.15) is 41.6 Å². The van der Waals surface area contributed by atoms with Crippen LogP contribution in [-0.4, -0.2) is 51.6 Å². The van der Waals surface area contributed by atoms with E-state index in [9.17, 15) is 36.2 Å². The zero-order valence-corrected chi connectivity index (χ0v) is 15.8. The molecule has 2 aromatic heterocycles. The van der Waals surface area contributed by atoms with Gasteiger partial charge in [-0.15, -0.1) is 11.3 Å². The van der Waals surface area contributed by atoms with Crippen molar-refractivity contribution in [1.29, 1.82) is 0 Å². The highest BCUT2D eigenvalue weighted by molar-refractivity contribution is 7.13. The zero-order chi connectivity index (χ0) is 21.8. The van der Waals surface area contributed by atoms with Crippen LogP contribution in [-0.2, 0) is 11.0 Å². The highest BCUT2D eigenvalue weighted by Crippen LogP contribution is 2.47. The van der Waals surface area contributed by atoms with E-state index in [1.54, 1.807) is 4.90 Å². The van der Waals surface area contributed by atoms with Gasteiger partial charge in [0.25, 0.3) is 5.91 Å². The van der Waals surface area contributed by atoms with Crippen LogP contribution in [0.3, 0.4) is 0 Å². The lowest BCUT2D eigenvalue weighted by atomic mass is 9.83. The first-order chi connectivity index (χ1) is 14.0. The molecule has 0 aromatic carbocycles. The first kappa shape index (κ1) is 20.9. The molecular weight excluding hydrogens is 440 g/mol. The van der Waals surface area contributed by atoms with Gasteiger partial charge in [-0.1, -0.05) is 0 Å². The molecule has 0 unspecified atom stereocenters. The zero-order valence-electron chi connectivity index (χ0n) is 15.0. The number of carbonyl (C=O) groups excluding carboxylic acids is 1. The molecule has 30 heavy (non-hydrogen) atoms. The Labute approximate surface area is 169 Å². The summed E-state index contributed by atoms with van der Waals surface area (Å²) >= 11 is 0.854. The summed E-state index contributed by atoms with van der Waals surface area (Å²) in [5.41, 5.74) is -1.10. The first-order valence-electron chi connectivity index (χ1n) is 8.88. The minimum Gasteiger partial charge on any atom is -0.382 e. The van der Waals surface area contributed by atoms with Gasteiger partial charge < -0.3 is 15.3 Å². The number of aliphatic hydroxyl groups is 1. The summed E-state index contributed by atoms with van der Waals surface area (Å²) < 4.78 is 78.9. The summed E-state index contributed by atoms with van der Waals surface area (Å²) in [6.45, 7) is 0.573. The average molecular weight is 455 g/mol. The standard InChI is InChI=1S/C16H15F6N5O2S/c17-15(18,19)7-5-30-14(23-7)27-3-1-6(2-4-27)10-8-9(16(20,21)22)11(28)13(29)24-12(8)26-25-10/h5-6,9,11,28H,1-4H2,(H2,24,25,26,29)/t9-,11-/m0/s1. The predicted octanol–water partition coefficient (Wildman–Crippen LogP) is 3.23. The normalized spacial score (nSPS) is 23.4. The number of nitrogens with zero attached hydrogens (tertiary/aromatic N) is 3. The summed E-state index contributed by atoms with van der Waals surface area (Å²) in [6.07, 6.45) is -11.0. The van der Waals surface area contributed by atoms with Crippen LogP contribution >= 0.6 is 11.3 Å². The number of aliphatic hydroxyl groups excluding tert-OH is 1. The van der Waals surface area contributed by atoms with Gasteiger partial charge in [-0.2, -0.15) is 31.4 Å². The summed E-state index contributed by atoms with van der Waals surface area (Å²) in [4.78, 5) is 16.9. The summed E-state index contributed by atoms with van der Waals surface area (Å²) in [7, 11) is 0. The fraction of sp³-hybridized carbons (Fsp3) is 0.562. The lowest BCUT2D eigenvalue weighted by Gasteiger charge is -2.34. The van der Waals surface area contributed by atoms with Crippen molar-refractivity contribution in [1.82, 2.24) is 15.2 Å². The number of fused-ring (bicyclic) bond motifs is 1. The minimum absolute atomic E-state index is 0.168. The SMILES string of the molecule is O=C1Nc2n[nH]c(C3CCN(c4nc(C(F)(F)F)cs4)CC3)c2[C@H](C(F)(F)F)[C@@H]1O. The molecule has 3 N–H and O–H groups in total. The second kappa shape index (κ2) is 7.11. The number of alkyl halides is 6. The smallest absolute Gasteiger partial charge is 0.382 e. The number of carbonyl (C=O) groups is 1. The fourth-order valence-corrected chi connectivity index (χ4v) is 4.71. The van der Waals surface area contributed by atoms with Crippen molar-refractivity contribution in [3.63, 3.8) is 0 Å². The van der Waals surface area contributed by atoms with Crippen molar-refractivity contribution in [2.24, 2.45) is 0 Å². The summed E-state index contributed by atoms with van der Waals surface area (Å²) in [6, 6.07) is 0. The summed E-state index contributed by atoms with van der Waals surface area (Å²) in [5, 5.41) is 19.4. The molecule has 4 heterocycles. The van der Waals surface area contributed by atoms with E-state index in [1.807, 2.05) is 0 Å². The van der Waals surface area contributed by atoms with Crippen LogP contribution in [0.15, 0.2) is 5.38 Å². The number of anilines is 2. The monoisotopic (exact) mass is 455 g/mol. The average Bonchev–Trinajstić information content (AvgIpc) is 3.29. The maximum absolute atomic E-state index is 13.6. The van der Waals surface area contributed by atoms with Crippen LogP contribution in [0, 0.1) is 0 Å². The Balaban J connectivity index is 1.54. The minimum atomic E-state index is -4.86. The number of H-pyrrole nitrogens is 1. The number of nitrogens with one attached hydrogen (secondary N) is 2. The molecule has 164 valence electrons. The molecule has 0 spiro atoms. The molecule has 0 saturated carbocycles. The molecule has 1 amide bonds. The van der Waals surface area contributed by atoms with E-state index in [2.05, 4.69) is 20.5 Å². The summed E-state index contributed by atoms with van der Waals surface area (Å²) in [5.74, 6) is -4.24. The third kappa shape index (κ3) is 3.62. The van der Waals surface area contributed by atoms with Gasteiger partial charge in [0.15, 0.2) is 16.6 Å². The van der Waals surface area contributed by atoms with Crippen molar-refractivity contribution in [2.45, 2.75) is 43.1 Å². The van der Waals surface area contributed by atoms with Crippen molar-refractivity contribution in [3.05, 3.63) is 22.3 Å². The van der Waals surface area contributed by atoms with E-state index in [-0.39, 0.29) is 35.3 Å². The molecule has 2 aliphatic rings. The van der Waals surface area contributed by atoms with Crippen LogP contribution < -0.4 is 10.2 Å². The highest BCUT2D eigenvalue weighted by atomic mass is 32.1. The van der Waals surface area contributed by atoms with Crippen molar-refractivity contribution < 1.29 is 36.2 Å². The predicted molar refractivity (Wildman–Crippen MR) is 93.3 cm³/mol. The topological polar surface area (TPSA) is 94.1 Å². The second-order valence-corrected chi connectivity index (χ2v) is 7.96. The van der Waals surface area contributed by atoms with Crippen molar-refractivity contribution >= 4 is 28.2 Å². The Morgan fingerprint density at radius 2 is 1.83 bits per heavy atom. The third-order valence-electron chi connectivity index (χ3n) is 5.28. The van der Waals surface area contributed by atoms with Gasteiger partial charge in [-0.3, -0.25) is 9.89 Å². The first-order valence-corrected chi connectivity index (χ1v) is 9.76. The molecule has 1 saturated heterocycles. The lowest BCUT2D eigenvalue weighted by molar-refractivity contribution is -0.177. The Morgan fingerprint density at radius 3 is 2.40 bits per heavy atom. The Morgan fingerprint density at radius 1 is 1.17 bits per heavy atom. The number of piperidine rings is 1. The Hall–Kier alpha value is -2.35. The number of aromatic amines is 1. The molecule has 4 rings (SSSR count). The number of hydrogen-bond acceptors (Lipinski definition) is 6. The van der Waals surface area contributed by atoms with E-state index in [0.717, 1.165) is 16.7 Å². The van der Waals surface area contributed by atoms with Gasteiger partial charge in [0, 0.05) is 35.6 Å².